The minimum atomic E-state index is 0.765. The second-order valence-electron chi connectivity index (χ2n) is 5.35. The van der Waals surface area contributed by atoms with Crippen LogP contribution in [0.3, 0.4) is 0 Å². The minimum absolute atomic E-state index is 0.765. The van der Waals surface area contributed by atoms with Gasteiger partial charge in [0, 0.05) is 22.6 Å². The van der Waals surface area contributed by atoms with Gasteiger partial charge in [0.05, 0.1) is 5.69 Å². The molecule has 1 aliphatic heterocycles. The van der Waals surface area contributed by atoms with E-state index in [0.717, 1.165) is 45.9 Å². The van der Waals surface area contributed by atoms with E-state index in [0.29, 0.717) is 0 Å². The molecule has 102 valence electrons. The molecule has 20 heavy (non-hydrogen) atoms. The lowest BCUT2D eigenvalue weighted by Crippen LogP contribution is -2.12. The Labute approximate surface area is 122 Å². The third kappa shape index (κ3) is 2.07. The van der Waals surface area contributed by atoms with Crippen molar-refractivity contribution in [1.29, 1.82) is 0 Å². The largest absolute Gasteiger partial charge is 0.308 e. The van der Waals surface area contributed by atoms with Crippen LogP contribution < -0.4 is 11.3 Å². The van der Waals surface area contributed by atoms with Crippen LogP contribution >= 0.6 is 11.8 Å². The molecule has 4 rings (SSSR count). The summed E-state index contributed by atoms with van der Waals surface area (Å²) in [4.78, 5) is 9.26. The van der Waals surface area contributed by atoms with Crippen LogP contribution in [0, 0.1) is 0 Å². The maximum atomic E-state index is 5.59. The quantitative estimate of drug-likeness (QED) is 0.670. The Morgan fingerprint density at radius 1 is 1.10 bits per heavy atom. The van der Waals surface area contributed by atoms with Gasteiger partial charge in [0.25, 0.3) is 0 Å². The number of nitrogens with two attached hydrogens (primary N) is 1. The van der Waals surface area contributed by atoms with Gasteiger partial charge in [0.15, 0.2) is 5.82 Å². The highest BCUT2D eigenvalue weighted by atomic mass is 32.2. The van der Waals surface area contributed by atoms with Crippen LogP contribution in [0.2, 0.25) is 0 Å². The molecule has 0 atom stereocenters. The topological polar surface area (TPSA) is 63.8 Å². The molecule has 1 fully saturated rings. The summed E-state index contributed by atoms with van der Waals surface area (Å²) in [6, 6.07) is 8.65. The molecule has 0 saturated heterocycles. The first-order valence-corrected chi connectivity index (χ1v) is 8.05. The lowest BCUT2D eigenvalue weighted by molar-refractivity contribution is 1.06. The van der Waals surface area contributed by atoms with E-state index in [1.807, 2.05) is 11.8 Å². The Kier molecular flexibility index (Phi) is 2.89. The van der Waals surface area contributed by atoms with Gasteiger partial charge in [-0.05, 0) is 24.3 Å². The van der Waals surface area contributed by atoms with E-state index in [2.05, 4.69) is 34.7 Å². The van der Waals surface area contributed by atoms with Crippen molar-refractivity contribution in [3.8, 4) is 11.4 Å². The molecule has 1 saturated carbocycles. The fourth-order valence-electron chi connectivity index (χ4n) is 2.62. The maximum absolute atomic E-state index is 5.59. The average Bonchev–Trinajstić information content (AvgIpc) is 3.24. The third-order valence-corrected chi connectivity index (χ3v) is 4.90. The van der Waals surface area contributed by atoms with Crippen molar-refractivity contribution in [3.05, 3.63) is 41.1 Å². The van der Waals surface area contributed by atoms with Crippen LogP contribution in [-0.4, -0.2) is 9.97 Å². The van der Waals surface area contributed by atoms with Crippen molar-refractivity contribution in [3.63, 3.8) is 0 Å². The first kappa shape index (κ1) is 12.2. The number of fused-ring (bicyclic) bond motifs is 1. The molecule has 0 bridgehead atoms. The van der Waals surface area contributed by atoms with Gasteiger partial charge in [-0.3, -0.25) is 0 Å². The zero-order valence-electron chi connectivity index (χ0n) is 11.1. The average molecular weight is 284 g/mol. The number of hydrazine groups is 1. The molecule has 0 unspecified atom stereocenters. The summed E-state index contributed by atoms with van der Waals surface area (Å²) in [6.45, 7) is 0. The number of hydrogen-bond donors (Lipinski definition) is 2. The zero-order chi connectivity index (χ0) is 13.5. The Balaban J connectivity index is 1.73. The van der Waals surface area contributed by atoms with Gasteiger partial charge in [0.2, 0.25) is 0 Å². The van der Waals surface area contributed by atoms with Gasteiger partial charge in [0.1, 0.15) is 5.82 Å². The standard InChI is InChI=1S/C15H16N4S/c16-19-15-12-7-20-8-13(12)17-14(18-15)11-5-3-10(4-6-11)9-1-2-9/h3-6,9H,1-2,7-8,16H2,(H,17,18,19). The predicted octanol–water partition coefficient (Wildman–Crippen LogP) is 3.05. The molecular formula is C15H16N4S. The summed E-state index contributed by atoms with van der Waals surface area (Å²) < 4.78 is 0. The van der Waals surface area contributed by atoms with Crippen LogP contribution in [0.4, 0.5) is 5.82 Å². The fraction of sp³-hybridized carbons (Fsp3) is 0.333. The third-order valence-electron chi connectivity index (χ3n) is 3.93. The van der Waals surface area contributed by atoms with Crippen LogP contribution in [0.1, 0.15) is 35.6 Å². The summed E-state index contributed by atoms with van der Waals surface area (Å²) in [5.41, 5.74) is 7.47. The first-order chi connectivity index (χ1) is 9.85. The number of rotatable bonds is 3. The molecule has 2 aromatic rings. The summed E-state index contributed by atoms with van der Waals surface area (Å²) in [7, 11) is 0. The minimum Gasteiger partial charge on any atom is -0.308 e. The number of nitrogen functional groups attached to an aromatic ring is 1. The molecule has 1 aliphatic carbocycles. The number of hydrogen-bond acceptors (Lipinski definition) is 5. The molecule has 5 heteroatoms. The summed E-state index contributed by atoms with van der Waals surface area (Å²) in [6.07, 6.45) is 2.65. The monoisotopic (exact) mass is 284 g/mol. The SMILES string of the molecule is NNc1nc(-c2ccc(C3CC3)cc2)nc2c1CSC2. The highest BCUT2D eigenvalue weighted by molar-refractivity contribution is 7.98. The molecule has 0 amide bonds. The van der Waals surface area contributed by atoms with Crippen molar-refractivity contribution < 1.29 is 0 Å². The van der Waals surface area contributed by atoms with E-state index in [-0.39, 0.29) is 0 Å². The van der Waals surface area contributed by atoms with E-state index in [1.165, 1.54) is 18.4 Å². The van der Waals surface area contributed by atoms with Gasteiger partial charge in [-0.25, -0.2) is 15.8 Å². The summed E-state index contributed by atoms with van der Waals surface area (Å²) in [5.74, 6) is 9.79. The van der Waals surface area contributed by atoms with E-state index >= 15 is 0 Å². The number of aromatic nitrogens is 2. The van der Waals surface area contributed by atoms with Crippen molar-refractivity contribution in [2.24, 2.45) is 5.84 Å². The Morgan fingerprint density at radius 2 is 1.90 bits per heavy atom. The molecule has 1 aromatic heterocycles. The normalized spacial score (nSPS) is 17.1. The summed E-state index contributed by atoms with van der Waals surface area (Å²) >= 11 is 1.85. The molecule has 1 aromatic carbocycles. The highest BCUT2D eigenvalue weighted by Gasteiger charge is 2.23. The number of nitrogens with one attached hydrogen (secondary N) is 1. The van der Waals surface area contributed by atoms with Crippen LogP contribution in [0.25, 0.3) is 11.4 Å². The van der Waals surface area contributed by atoms with Crippen molar-refractivity contribution in [2.45, 2.75) is 30.3 Å². The molecule has 4 nitrogen and oxygen atoms in total. The Hall–Kier alpha value is -1.59. The van der Waals surface area contributed by atoms with Crippen LogP contribution in [0.15, 0.2) is 24.3 Å². The lowest BCUT2D eigenvalue weighted by atomic mass is 10.1. The van der Waals surface area contributed by atoms with E-state index in [4.69, 9.17) is 10.8 Å². The lowest BCUT2D eigenvalue weighted by Gasteiger charge is -2.09. The Bertz CT molecular complexity index is 650. The van der Waals surface area contributed by atoms with Crippen molar-refractivity contribution >= 4 is 17.6 Å². The van der Waals surface area contributed by atoms with E-state index in [9.17, 15) is 0 Å². The van der Waals surface area contributed by atoms with Crippen molar-refractivity contribution in [2.75, 3.05) is 5.43 Å². The van der Waals surface area contributed by atoms with Gasteiger partial charge in [-0.2, -0.15) is 11.8 Å². The number of benzene rings is 1. The number of anilines is 1. The second-order valence-corrected chi connectivity index (χ2v) is 6.34. The van der Waals surface area contributed by atoms with Gasteiger partial charge in [-0.15, -0.1) is 0 Å². The number of nitrogens with zero attached hydrogens (tertiary/aromatic N) is 2. The number of thioether (sulfide) groups is 1. The van der Waals surface area contributed by atoms with Gasteiger partial charge in [-0.1, -0.05) is 24.3 Å². The molecule has 3 N–H and O–H groups in total. The second kappa shape index (κ2) is 4.75. The predicted molar refractivity (Wildman–Crippen MR) is 82.3 cm³/mol. The fourth-order valence-corrected chi connectivity index (χ4v) is 3.66. The van der Waals surface area contributed by atoms with Gasteiger partial charge >= 0.3 is 0 Å². The summed E-state index contributed by atoms with van der Waals surface area (Å²) in [5, 5.41) is 0. The van der Waals surface area contributed by atoms with Crippen LogP contribution in [-0.2, 0) is 11.5 Å². The molecule has 0 spiro atoms. The molecule has 0 radical (unpaired) electrons. The first-order valence-electron chi connectivity index (χ1n) is 6.89. The van der Waals surface area contributed by atoms with Crippen molar-refractivity contribution in [1.82, 2.24) is 9.97 Å². The van der Waals surface area contributed by atoms with Crippen LogP contribution in [0.5, 0.6) is 0 Å². The molecule has 2 aliphatic rings. The highest BCUT2D eigenvalue weighted by Crippen LogP contribution is 2.40. The Morgan fingerprint density at radius 3 is 2.60 bits per heavy atom. The van der Waals surface area contributed by atoms with E-state index in [1.54, 1.807) is 0 Å². The maximum Gasteiger partial charge on any atom is 0.161 e. The van der Waals surface area contributed by atoms with Gasteiger partial charge < -0.3 is 5.43 Å². The zero-order valence-corrected chi connectivity index (χ0v) is 11.9. The molecular weight excluding hydrogens is 268 g/mol. The molecule has 2 heterocycles. The smallest absolute Gasteiger partial charge is 0.161 e. The van der Waals surface area contributed by atoms with E-state index < -0.39 is 0 Å².